The molecule has 0 radical (unpaired) electrons. The van der Waals surface area contributed by atoms with Crippen molar-refractivity contribution in [3.8, 4) is 0 Å². The molecule has 0 bridgehead atoms. The smallest absolute Gasteiger partial charge is 0.255 e. The number of benzene rings is 3. The molecule has 0 atom stereocenters. The third kappa shape index (κ3) is 5.27. The molecule has 3 aromatic rings. The van der Waals surface area contributed by atoms with Crippen molar-refractivity contribution in [3.05, 3.63) is 82.9 Å². The Labute approximate surface area is 189 Å². The molecular formula is C26H30N4O2. The summed E-state index contributed by atoms with van der Waals surface area (Å²) in [5.74, 6) is -0.430. The summed E-state index contributed by atoms with van der Waals surface area (Å²) in [6.07, 6.45) is 0. The zero-order valence-electron chi connectivity index (χ0n) is 19.5. The molecule has 0 heterocycles. The van der Waals surface area contributed by atoms with E-state index in [0.717, 1.165) is 33.9 Å². The van der Waals surface area contributed by atoms with Crippen molar-refractivity contribution in [2.45, 2.75) is 13.8 Å². The highest BCUT2D eigenvalue weighted by Gasteiger charge is 2.12. The zero-order chi connectivity index (χ0) is 23.4. The molecule has 3 aromatic carbocycles. The standard InChI is InChI=1S/C26H30N4O2/c1-17-15-21(29(3)4)11-13-23(17)27-25(31)19-7-9-20(10-8-19)26(32)28-24-14-12-22(30(5)6)16-18(24)2/h7-16H,1-6H3,(H,27,31)(H,28,32). The topological polar surface area (TPSA) is 64.7 Å². The van der Waals surface area contributed by atoms with E-state index in [2.05, 4.69) is 10.6 Å². The highest BCUT2D eigenvalue weighted by molar-refractivity contribution is 6.07. The Morgan fingerprint density at radius 3 is 1.22 bits per heavy atom. The Kier molecular flexibility index (Phi) is 6.83. The van der Waals surface area contributed by atoms with E-state index in [0.29, 0.717) is 11.1 Å². The minimum atomic E-state index is -0.215. The van der Waals surface area contributed by atoms with Gasteiger partial charge in [-0.25, -0.2) is 0 Å². The molecule has 0 fully saturated rings. The molecule has 0 spiro atoms. The molecule has 6 nitrogen and oxygen atoms in total. The molecule has 3 rings (SSSR count). The predicted octanol–water partition coefficient (Wildman–Crippen LogP) is 4.94. The van der Waals surface area contributed by atoms with Crippen LogP contribution in [-0.4, -0.2) is 40.0 Å². The van der Waals surface area contributed by atoms with Crippen LogP contribution in [0.15, 0.2) is 60.7 Å². The fourth-order valence-corrected chi connectivity index (χ4v) is 3.29. The quantitative estimate of drug-likeness (QED) is 0.581. The number of anilines is 4. The molecule has 0 aliphatic heterocycles. The van der Waals surface area contributed by atoms with Gasteiger partial charge in [0.15, 0.2) is 0 Å². The van der Waals surface area contributed by atoms with Crippen LogP contribution in [0.3, 0.4) is 0 Å². The second-order valence-corrected chi connectivity index (χ2v) is 8.27. The molecule has 0 aliphatic rings. The van der Waals surface area contributed by atoms with E-state index < -0.39 is 0 Å². The number of nitrogens with one attached hydrogen (secondary N) is 2. The molecule has 2 amide bonds. The fourth-order valence-electron chi connectivity index (χ4n) is 3.29. The Balaban J connectivity index is 1.68. The summed E-state index contributed by atoms with van der Waals surface area (Å²) in [7, 11) is 7.91. The molecule has 2 N–H and O–H groups in total. The number of amides is 2. The summed E-state index contributed by atoms with van der Waals surface area (Å²) in [5.41, 5.74) is 6.61. The SMILES string of the molecule is Cc1cc(N(C)C)ccc1NC(=O)c1ccc(C(=O)Nc2ccc(N(C)C)cc2C)cc1. The third-order valence-corrected chi connectivity index (χ3v) is 5.36. The average Bonchev–Trinajstić information content (AvgIpc) is 2.76. The Morgan fingerprint density at radius 2 is 0.938 bits per heavy atom. The molecule has 32 heavy (non-hydrogen) atoms. The highest BCUT2D eigenvalue weighted by Crippen LogP contribution is 2.23. The first-order valence-corrected chi connectivity index (χ1v) is 10.4. The summed E-state index contributed by atoms with van der Waals surface area (Å²) in [6.45, 7) is 3.92. The zero-order valence-corrected chi connectivity index (χ0v) is 19.5. The van der Waals surface area contributed by atoms with Crippen LogP contribution in [0, 0.1) is 13.8 Å². The first kappa shape index (κ1) is 22.9. The third-order valence-electron chi connectivity index (χ3n) is 5.36. The van der Waals surface area contributed by atoms with Crippen LogP contribution in [0.25, 0.3) is 0 Å². The van der Waals surface area contributed by atoms with Crippen LogP contribution in [0.5, 0.6) is 0 Å². The van der Waals surface area contributed by atoms with E-state index in [4.69, 9.17) is 0 Å². The van der Waals surface area contributed by atoms with Crippen LogP contribution < -0.4 is 20.4 Å². The molecule has 0 aliphatic carbocycles. The molecular weight excluding hydrogens is 400 g/mol. The van der Waals surface area contributed by atoms with Crippen molar-refractivity contribution in [3.63, 3.8) is 0 Å². The monoisotopic (exact) mass is 430 g/mol. The minimum absolute atomic E-state index is 0.215. The summed E-state index contributed by atoms with van der Waals surface area (Å²) in [5, 5.41) is 5.88. The first-order chi connectivity index (χ1) is 15.2. The van der Waals surface area contributed by atoms with Crippen molar-refractivity contribution in [2.24, 2.45) is 0 Å². The maximum absolute atomic E-state index is 12.7. The number of hydrogen-bond donors (Lipinski definition) is 2. The van der Waals surface area contributed by atoms with Gasteiger partial charge in [-0.2, -0.15) is 0 Å². The fraction of sp³-hybridized carbons (Fsp3) is 0.231. The van der Waals surface area contributed by atoms with Crippen LogP contribution in [0.1, 0.15) is 31.8 Å². The van der Waals surface area contributed by atoms with E-state index in [1.54, 1.807) is 24.3 Å². The number of aryl methyl sites for hydroxylation is 2. The van der Waals surface area contributed by atoms with Gasteiger partial charge in [0.2, 0.25) is 0 Å². The normalized spacial score (nSPS) is 10.4. The molecule has 0 aromatic heterocycles. The Hall–Kier alpha value is -3.80. The van der Waals surface area contributed by atoms with Gasteiger partial charge in [0, 0.05) is 62.1 Å². The van der Waals surface area contributed by atoms with Crippen LogP contribution in [0.4, 0.5) is 22.7 Å². The largest absolute Gasteiger partial charge is 0.378 e. The molecule has 0 saturated heterocycles. The van der Waals surface area contributed by atoms with Gasteiger partial charge in [0.1, 0.15) is 0 Å². The van der Waals surface area contributed by atoms with Crippen molar-refractivity contribution in [1.82, 2.24) is 0 Å². The Bertz CT molecular complexity index is 1040. The first-order valence-electron chi connectivity index (χ1n) is 10.4. The van der Waals surface area contributed by atoms with Gasteiger partial charge in [-0.05, 0) is 85.6 Å². The number of rotatable bonds is 6. The van der Waals surface area contributed by atoms with Crippen molar-refractivity contribution in [2.75, 3.05) is 48.6 Å². The molecule has 6 heteroatoms. The predicted molar refractivity (Wildman–Crippen MR) is 133 cm³/mol. The van der Waals surface area contributed by atoms with E-state index in [1.807, 2.05) is 88.2 Å². The maximum Gasteiger partial charge on any atom is 0.255 e. The maximum atomic E-state index is 12.7. The van der Waals surface area contributed by atoms with Crippen LogP contribution in [0.2, 0.25) is 0 Å². The van der Waals surface area contributed by atoms with E-state index >= 15 is 0 Å². The van der Waals surface area contributed by atoms with Gasteiger partial charge in [-0.1, -0.05) is 0 Å². The lowest BCUT2D eigenvalue weighted by molar-refractivity contribution is 0.101. The average molecular weight is 431 g/mol. The van der Waals surface area contributed by atoms with Crippen molar-refractivity contribution in [1.29, 1.82) is 0 Å². The van der Waals surface area contributed by atoms with E-state index in [1.165, 1.54) is 0 Å². The van der Waals surface area contributed by atoms with Gasteiger partial charge >= 0.3 is 0 Å². The molecule has 166 valence electrons. The second-order valence-electron chi connectivity index (χ2n) is 8.27. The van der Waals surface area contributed by atoms with Crippen molar-refractivity contribution < 1.29 is 9.59 Å². The van der Waals surface area contributed by atoms with Crippen LogP contribution in [-0.2, 0) is 0 Å². The van der Waals surface area contributed by atoms with E-state index in [9.17, 15) is 9.59 Å². The number of carbonyl (C=O) groups is 2. The lowest BCUT2D eigenvalue weighted by Crippen LogP contribution is -2.16. The van der Waals surface area contributed by atoms with E-state index in [-0.39, 0.29) is 11.8 Å². The number of carbonyl (C=O) groups excluding carboxylic acids is 2. The number of hydrogen-bond acceptors (Lipinski definition) is 4. The lowest BCUT2D eigenvalue weighted by atomic mass is 10.1. The lowest BCUT2D eigenvalue weighted by Gasteiger charge is -2.16. The number of nitrogens with zero attached hydrogens (tertiary/aromatic N) is 2. The summed E-state index contributed by atoms with van der Waals surface area (Å²) >= 11 is 0. The van der Waals surface area contributed by atoms with Crippen LogP contribution >= 0.6 is 0 Å². The van der Waals surface area contributed by atoms with Gasteiger partial charge in [-0.15, -0.1) is 0 Å². The molecule has 0 unspecified atom stereocenters. The molecule has 0 saturated carbocycles. The Morgan fingerprint density at radius 1 is 0.594 bits per heavy atom. The van der Waals surface area contributed by atoms with Gasteiger partial charge < -0.3 is 20.4 Å². The summed E-state index contributed by atoms with van der Waals surface area (Å²) < 4.78 is 0. The highest BCUT2D eigenvalue weighted by atomic mass is 16.2. The van der Waals surface area contributed by atoms with Crippen molar-refractivity contribution >= 4 is 34.6 Å². The van der Waals surface area contributed by atoms with Gasteiger partial charge in [0.05, 0.1) is 0 Å². The minimum Gasteiger partial charge on any atom is -0.378 e. The second kappa shape index (κ2) is 9.56. The van der Waals surface area contributed by atoms with Gasteiger partial charge in [-0.3, -0.25) is 9.59 Å². The summed E-state index contributed by atoms with van der Waals surface area (Å²) in [4.78, 5) is 29.4. The summed E-state index contributed by atoms with van der Waals surface area (Å²) in [6, 6.07) is 18.4. The van der Waals surface area contributed by atoms with Gasteiger partial charge in [0.25, 0.3) is 11.8 Å².